The molecule has 2 nitrogen and oxygen atoms in total. The van der Waals surface area contributed by atoms with Crippen LogP contribution in [0, 0.1) is 0 Å². The summed E-state index contributed by atoms with van der Waals surface area (Å²) in [4.78, 5) is 14.9. The predicted octanol–water partition coefficient (Wildman–Crippen LogP) is 6.38. The second-order valence-corrected chi connectivity index (χ2v) is 10.1. The van der Waals surface area contributed by atoms with Gasteiger partial charge in [-0.2, -0.15) is 13.2 Å². The van der Waals surface area contributed by atoms with Gasteiger partial charge in [0.2, 0.25) is 0 Å². The van der Waals surface area contributed by atoms with E-state index in [1.54, 1.807) is 4.90 Å². The summed E-state index contributed by atoms with van der Waals surface area (Å²) in [5.41, 5.74) is 1.92. The molecule has 1 aliphatic carbocycles. The van der Waals surface area contributed by atoms with E-state index in [1.165, 1.54) is 35.6 Å². The van der Waals surface area contributed by atoms with Crippen LogP contribution in [0.2, 0.25) is 0 Å². The van der Waals surface area contributed by atoms with Gasteiger partial charge in [0.1, 0.15) is 0 Å². The van der Waals surface area contributed by atoms with Crippen LogP contribution in [0.4, 0.5) is 13.2 Å². The fraction of sp³-hybridized carbons (Fsp3) is 0.409. The molecule has 0 radical (unpaired) electrons. The average Bonchev–Trinajstić information content (AvgIpc) is 3.57. The number of amides is 1. The van der Waals surface area contributed by atoms with Crippen LogP contribution in [-0.2, 0) is 12.7 Å². The first-order valence-corrected chi connectivity index (χ1v) is 11.8. The van der Waals surface area contributed by atoms with Gasteiger partial charge in [0.25, 0.3) is 5.91 Å². The van der Waals surface area contributed by atoms with Crippen LogP contribution in [0.5, 0.6) is 0 Å². The van der Waals surface area contributed by atoms with Crippen molar-refractivity contribution < 1.29 is 18.0 Å². The molecule has 1 amide bonds. The standard InChI is InChI=1S/C22H22F3NOS2/c23-22(24,25)18-8-2-15(3-9-18)14-26(19-10-11-19)20(27)16-4-6-17(7-5-16)21-28-12-1-13-29-21/h2-9,19,21H,1,10-14H2. The average molecular weight is 438 g/mol. The Hall–Kier alpha value is -1.60. The van der Waals surface area contributed by atoms with Crippen molar-refractivity contribution in [2.24, 2.45) is 0 Å². The van der Waals surface area contributed by atoms with Crippen LogP contribution >= 0.6 is 23.5 Å². The van der Waals surface area contributed by atoms with Crippen molar-refractivity contribution in [3.63, 3.8) is 0 Å². The lowest BCUT2D eigenvalue weighted by Gasteiger charge is -2.24. The third-order valence-corrected chi connectivity index (χ3v) is 8.15. The summed E-state index contributed by atoms with van der Waals surface area (Å²) in [5, 5.41) is 0. The van der Waals surface area contributed by atoms with Crippen molar-refractivity contribution in [2.75, 3.05) is 11.5 Å². The normalized spacial score (nSPS) is 17.9. The summed E-state index contributed by atoms with van der Waals surface area (Å²) >= 11 is 3.89. The minimum Gasteiger partial charge on any atom is -0.331 e. The lowest BCUT2D eigenvalue weighted by molar-refractivity contribution is -0.137. The monoisotopic (exact) mass is 437 g/mol. The molecule has 1 aliphatic heterocycles. The fourth-order valence-electron chi connectivity index (χ4n) is 3.38. The van der Waals surface area contributed by atoms with E-state index < -0.39 is 11.7 Å². The largest absolute Gasteiger partial charge is 0.416 e. The Labute approximate surface area is 177 Å². The van der Waals surface area contributed by atoms with E-state index >= 15 is 0 Å². The molecule has 2 aromatic rings. The maximum Gasteiger partial charge on any atom is 0.416 e. The van der Waals surface area contributed by atoms with Gasteiger partial charge in [-0.1, -0.05) is 24.3 Å². The Bertz CT molecular complexity index is 842. The molecule has 0 N–H and O–H groups in total. The fourth-order valence-corrected chi connectivity index (χ4v) is 6.27. The Kier molecular flexibility index (Phi) is 6.16. The molecular formula is C22H22F3NOS2. The number of carbonyl (C=O) groups is 1. The second-order valence-electron chi connectivity index (χ2n) is 7.41. The Morgan fingerprint density at radius 3 is 2.14 bits per heavy atom. The van der Waals surface area contributed by atoms with Crippen molar-refractivity contribution in [2.45, 2.75) is 42.6 Å². The first-order valence-electron chi connectivity index (χ1n) is 9.72. The van der Waals surface area contributed by atoms with Crippen LogP contribution in [-0.4, -0.2) is 28.4 Å². The highest BCUT2D eigenvalue weighted by atomic mass is 32.2. The number of hydrogen-bond donors (Lipinski definition) is 0. The van der Waals surface area contributed by atoms with E-state index in [-0.39, 0.29) is 11.9 Å². The Balaban J connectivity index is 1.46. The third-order valence-electron chi connectivity index (χ3n) is 5.14. The maximum absolute atomic E-state index is 13.1. The molecule has 2 aromatic carbocycles. The molecule has 1 saturated carbocycles. The summed E-state index contributed by atoms with van der Waals surface area (Å²) < 4.78 is 38.7. The maximum atomic E-state index is 13.1. The van der Waals surface area contributed by atoms with E-state index in [2.05, 4.69) is 0 Å². The number of hydrogen-bond acceptors (Lipinski definition) is 3. The van der Waals surface area contributed by atoms with Crippen LogP contribution in [0.1, 0.15) is 50.9 Å². The molecule has 2 fully saturated rings. The zero-order valence-electron chi connectivity index (χ0n) is 15.8. The van der Waals surface area contributed by atoms with Gasteiger partial charge in [-0.3, -0.25) is 4.79 Å². The molecule has 7 heteroatoms. The van der Waals surface area contributed by atoms with Crippen LogP contribution in [0.25, 0.3) is 0 Å². The molecule has 2 aliphatic rings. The number of benzene rings is 2. The molecule has 0 aromatic heterocycles. The summed E-state index contributed by atoms with van der Waals surface area (Å²) in [6.07, 6.45) is -1.22. The van der Waals surface area contributed by atoms with Crippen molar-refractivity contribution in [3.8, 4) is 0 Å². The molecular weight excluding hydrogens is 415 g/mol. The van der Waals surface area contributed by atoms with E-state index in [0.29, 0.717) is 22.3 Å². The quantitative estimate of drug-likeness (QED) is 0.541. The summed E-state index contributed by atoms with van der Waals surface area (Å²) in [5.74, 6) is 2.28. The zero-order chi connectivity index (χ0) is 20.4. The van der Waals surface area contributed by atoms with Crippen LogP contribution in [0.3, 0.4) is 0 Å². The number of halogens is 3. The van der Waals surface area contributed by atoms with Gasteiger partial charge < -0.3 is 4.90 Å². The highest BCUT2D eigenvalue weighted by Crippen LogP contribution is 2.43. The molecule has 154 valence electrons. The van der Waals surface area contributed by atoms with Gasteiger partial charge in [0.15, 0.2) is 0 Å². The topological polar surface area (TPSA) is 20.3 Å². The molecule has 1 saturated heterocycles. The van der Waals surface area contributed by atoms with E-state index in [9.17, 15) is 18.0 Å². The molecule has 0 atom stereocenters. The highest BCUT2D eigenvalue weighted by molar-refractivity contribution is 8.16. The molecule has 0 spiro atoms. The summed E-state index contributed by atoms with van der Waals surface area (Å²) in [7, 11) is 0. The first-order chi connectivity index (χ1) is 13.9. The number of alkyl halides is 3. The molecule has 0 bridgehead atoms. The van der Waals surface area contributed by atoms with Gasteiger partial charge in [0, 0.05) is 18.2 Å². The lowest BCUT2D eigenvalue weighted by atomic mass is 10.1. The number of thioether (sulfide) groups is 2. The number of rotatable bonds is 5. The SMILES string of the molecule is O=C(c1ccc(C2SCCCS2)cc1)N(Cc1ccc(C(F)(F)F)cc1)C1CC1. The first kappa shape index (κ1) is 20.7. The van der Waals surface area contributed by atoms with E-state index in [4.69, 9.17) is 0 Å². The van der Waals surface area contributed by atoms with Crippen molar-refractivity contribution >= 4 is 29.4 Å². The van der Waals surface area contributed by atoms with Gasteiger partial charge >= 0.3 is 6.18 Å². The van der Waals surface area contributed by atoms with Gasteiger partial charge in [-0.05, 0) is 66.2 Å². The van der Waals surface area contributed by atoms with Crippen molar-refractivity contribution in [1.82, 2.24) is 4.90 Å². The van der Waals surface area contributed by atoms with Gasteiger partial charge in [-0.25, -0.2) is 0 Å². The molecule has 4 rings (SSSR count). The number of carbonyl (C=O) groups excluding carboxylic acids is 1. The lowest BCUT2D eigenvalue weighted by Crippen LogP contribution is -2.32. The van der Waals surface area contributed by atoms with E-state index in [1.807, 2.05) is 47.8 Å². The Morgan fingerprint density at radius 1 is 0.966 bits per heavy atom. The highest BCUT2D eigenvalue weighted by Gasteiger charge is 2.34. The molecule has 1 heterocycles. The Morgan fingerprint density at radius 2 is 1.59 bits per heavy atom. The van der Waals surface area contributed by atoms with Crippen molar-refractivity contribution in [1.29, 1.82) is 0 Å². The third kappa shape index (κ3) is 5.12. The summed E-state index contributed by atoms with van der Waals surface area (Å²) in [6, 6.07) is 13.1. The smallest absolute Gasteiger partial charge is 0.331 e. The zero-order valence-corrected chi connectivity index (χ0v) is 17.5. The molecule has 29 heavy (non-hydrogen) atoms. The van der Waals surface area contributed by atoms with E-state index in [0.717, 1.165) is 25.0 Å². The van der Waals surface area contributed by atoms with Gasteiger partial charge in [-0.15, -0.1) is 23.5 Å². The van der Waals surface area contributed by atoms with Gasteiger partial charge in [0.05, 0.1) is 10.1 Å². The van der Waals surface area contributed by atoms with Crippen molar-refractivity contribution in [3.05, 3.63) is 70.8 Å². The molecule has 0 unspecified atom stereocenters. The minimum absolute atomic E-state index is 0.0529. The summed E-state index contributed by atoms with van der Waals surface area (Å²) in [6.45, 7) is 0.331. The van der Waals surface area contributed by atoms with Crippen LogP contribution in [0.15, 0.2) is 48.5 Å². The van der Waals surface area contributed by atoms with Crippen LogP contribution < -0.4 is 0 Å². The minimum atomic E-state index is -4.35. The second kappa shape index (κ2) is 8.64. The number of nitrogens with zero attached hydrogens (tertiary/aromatic N) is 1. The predicted molar refractivity (Wildman–Crippen MR) is 113 cm³/mol.